The third-order valence-corrected chi connectivity index (χ3v) is 7.15. The minimum atomic E-state index is -3.89. The van der Waals surface area contributed by atoms with Crippen LogP contribution >= 0.6 is 11.3 Å². The molecule has 0 aliphatic rings. The molecule has 156 valence electrons. The predicted octanol–water partition coefficient (Wildman–Crippen LogP) is 2.88. The minimum Gasteiger partial charge on any atom is -0.291 e. The molecule has 11 heteroatoms. The number of anilines is 1. The van der Waals surface area contributed by atoms with Crippen molar-refractivity contribution in [3.8, 4) is 11.1 Å². The highest BCUT2D eigenvalue weighted by Crippen LogP contribution is 2.29. The number of nitro groups is 1. The molecule has 9 nitrogen and oxygen atoms in total. The van der Waals surface area contributed by atoms with Gasteiger partial charge in [-0.2, -0.15) is 0 Å². The van der Waals surface area contributed by atoms with E-state index in [0.717, 1.165) is 22.5 Å². The first kappa shape index (κ1) is 21.6. The lowest BCUT2D eigenvalue weighted by atomic mass is 10.0. The number of aryl methyl sites for hydroxylation is 1. The topological polar surface area (TPSA) is 136 Å². The van der Waals surface area contributed by atoms with E-state index in [0.29, 0.717) is 5.56 Å². The number of primary sulfonamides is 1. The molecule has 2 aromatic carbocycles. The van der Waals surface area contributed by atoms with Crippen LogP contribution in [0.2, 0.25) is 0 Å². The maximum atomic E-state index is 12.6. The first-order valence-corrected chi connectivity index (χ1v) is 11.0. The summed E-state index contributed by atoms with van der Waals surface area (Å²) in [6, 6.07) is 13.4. The highest BCUT2D eigenvalue weighted by atomic mass is 32.2. The third kappa shape index (κ3) is 4.70. The van der Waals surface area contributed by atoms with Gasteiger partial charge in [0.25, 0.3) is 5.69 Å². The van der Waals surface area contributed by atoms with Gasteiger partial charge < -0.3 is 0 Å². The van der Waals surface area contributed by atoms with E-state index in [9.17, 15) is 23.3 Å². The molecule has 0 bridgehead atoms. The Balaban J connectivity index is 1.75. The van der Waals surface area contributed by atoms with Crippen molar-refractivity contribution in [2.45, 2.75) is 17.6 Å². The molecule has 0 radical (unpaired) electrons. The summed E-state index contributed by atoms with van der Waals surface area (Å²) < 4.78 is 23.1. The van der Waals surface area contributed by atoms with Gasteiger partial charge in [0, 0.05) is 19.2 Å². The number of rotatable bonds is 6. The molecule has 0 fully saturated rings. The summed E-state index contributed by atoms with van der Waals surface area (Å²) >= 11 is 0.843. The van der Waals surface area contributed by atoms with Crippen LogP contribution in [0.25, 0.3) is 11.1 Å². The molecule has 1 heterocycles. The fourth-order valence-electron chi connectivity index (χ4n) is 2.79. The maximum Gasteiger partial charge on any atom is 0.270 e. The molecule has 0 saturated heterocycles. The van der Waals surface area contributed by atoms with Crippen molar-refractivity contribution in [3.63, 3.8) is 0 Å². The first-order valence-electron chi connectivity index (χ1n) is 8.67. The summed E-state index contributed by atoms with van der Waals surface area (Å²) in [5, 5.41) is 16.3. The van der Waals surface area contributed by atoms with Crippen LogP contribution in [-0.2, 0) is 21.2 Å². The van der Waals surface area contributed by atoms with E-state index in [1.807, 2.05) is 0 Å². The van der Waals surface area contributed by atoms with Gasteiger partial charge in [0.15, 0.2) is 9.34 Å². The van der Waals surface area contributed by atoms with E-state index in [1.165, 1.54) is 31.0 Å². The van der Waals surface area contributed by atoms with Crippen LogP contribution in [0.5, 0.6) is 0 Å². The van der Waals surface area contributed by atoms with Crippen molar-refractivity contribution in [1.82, 2.24) is 4.98 Å². The predicted molar refractivity (Wildman–Crippen MR) is 114 cm³/mol. The molecule has 3 rings (SSSR count). The van der Waals surface area contributed by atoms with Crippen LogP contribution in [0.4, 0.5) is 10.8 Å². The number of sulfonamides is 1. The van der Waals surface area contributed by atoms with Crippen LogP contribution in [0.15, 0.2) is 52.7 Å². The zero-order valence-corrected chi connectivity index (χ0v) is 17.7. The molecular weight excluding hydrogens is 428 g/mol. The summed E-state index contributed by atoms with van der Waals surface area (Å²) in [6.45, 7) is 1.52. The molecule has 0 spiro atoms. The lowest BCUT2D eigenvalue weighted by Crippen LogP contribution is -2.27. The van der Waals surface area contributed by atoms with Crippen LogP contribution in [0.3, 0.4) is 0 Å². The molecule has 0 aliphatic carbocycles. The van der Waals surface area contributed by atoms with Crippen LogP contribution in [-0.4, -0.2) is 31.3 Å². The first-order chi connectivity index (χ1) is 14.1. The average molecular weight is 447 g/mol. The average Bonchev–Trinajstić information content (AvgIpc) is 3.10. The standard InChI is InChI=1S/C19H18N4O5S2/c1-12-18(30(20,27)28)29-19(21-12)22(2)17(24)10-13-6-8-14(9-7-13)15-4-3-5-16(11-15)23(25)26/h3-9,11H,10H2,1-2H3,(H2,20,27,28). The molecule has 0 aliphatic heterocycles. The number of nitrogens with zero attached hydrogens (tertiary/aromatic N) is 3. The van der Waals surface area contributed by atoms with Gasteiger partial charge in [-0.1, -0.05) is 47.7 Å². The zero-order chi connectivity index (χ0) is 22.1. The normalized spacial score (nSPS) is 11.3. The number of non-ortho nitro benzene ring substituents is 1. The molecule has 30 heavy (non-hydrogen) atoms. The van der Waals surface area contributed by atoms with E-state index in [1.54, 1.807) is 36.4 Å². The van der Waals surface area contributed by atoms with E-state index in [4.69, 9.17) is 5.14 Å². The number of nitrogens with two attached hydrogens (primary N) is 1. The van der Waals surface area contributed by atoms with Crippen LogP contribution < -0.4 is 10.0 Å². The fraction of sp³-hybridized carbons (Fsp3) is 0.158. The summed E-state index contributed by atoms with van der Waals surface area (Å²) in [5.41, 5.74) is 2.48. The number of thiazole rings is 1. The van der Waals surface area contributed by atoms with Gasteiger partial charge in [-0.3, -0.25) is 19.8 Å². The number of carbonyl (C=O) groups excluding carboxylic acids is 1. The Morgan fingerprint density at radius 1 is 1.20 bits per heavy atom. The van der Waals surface area contributed by atoms with Crippen molar-refractivity contribution < 1.29 is 18.1 Å². The number of hydrogen-bond donors (Lipinski definition) is 1. The number of aromatic nitrogens is 1. The van der Waals surface area contributed by atoms with E-state index >= 15 is 0 Å². The Morgan fingerprint density at radius 3 is 2.43 bits per heavy atom. The van der Waals surface area contributed by atoms with Gasteiger partial charge >= 0.3 is 0 Å². The molecule has 1 amide bonds. The Labute approximate surface area is 177 Å². The van der Waals surface area contributed by atoms with E-state index in [2.05, 4.69) is 4.98 Å². The SMILES string of the molecule is Cc1nc(N(C)C(=O)Cc2ccc(-c3cccc([N+](=O)[O-])c3)cc2)sc1S(N)(=O)=O. The van der Waals surface area contributed by atoms with E-state index in [-0.39, 0.29) is 33.1 Å². The molecular formula is C19H18N4O5S2. The van der Waals surface area contributed by atoms with Crippen molar-refractivity contribution in [1.29, 1.82) is 0 Å². The van der Waals surface area contributed by atoms with Gasteiger partial charge in [-0.25, -0.2) is 18.5 Å². The molecule has 0 saturated carbocycles. The van der Waals surface area contributed by atoms with Crippen LogP contribution in [0, 0.1) is 17.0 Å². The number of benzene rings is 2. The Bertz CT molecular complexity index is 1220. The Kier molecular flexibility index (Phi) is 5.97. The van der Waals surface area contributed by atoms with Crippen LogP contribution in [0.1, 0.15) is 11.3 Å². The van der Waals surface area contributed by atoms with Crippen molar-refractivity contribution in [2.75, 3.05) is 11.9 Å². The third-order valence-electron chi connectivity index (χ3n) is 4.36. The Hall–Kier alpha value is -3.15. The second kappa shape index (κ2) is 8.30. The summed E-state index contributed by atoms with van der Waals surface area (Å²) in [5.74, 6) is -0.271. The quantitative estimate of drug-likeness (QED) is 0.457. The van der Waals surface area contributed by atoms with Crippen molar-refractivity contribution in [3.05, 3.63) is 69.9 Å². The number of carbonyl (C=O) groups is 1. The highest BCUT2D eigenvalue weighted by Gasteiger charge is 2.22. The number of nitro benzene ring substituents is 1. The Morgan fingerprint density at radius 2 is 1.87 bits per heavy atom. The van der Waals surface area contributed by atoms with Gasteiger partial charge in [0.1, 0.15) is 0 Å². The molecule has 3 aromatic rings. The minimum absolute atomic E-state index is 0.00554. The van der Waals surface area contributed by atoms with Gasteiger partial charge in [0.05, 0.1) is 17.0 Å². The highest BCUT2D eigenvalue weighted by molar-refractivity contribution is 7.91. The van der Waals surface area contributed by atoms with E-state index < -0.39 is 14.9 Å². The van der Waals surface area contributed by atoms with Gasteiger partial charge in [0.2, 0.25) is 15.9 Å². The van der Waals surface area contributed by atoms with Gasteiger partial charge in [-0.05, 0) is 23.6 Å². The monoisotopic (exact) mass is 446 g/mol. The fourth-order valence-corrected chi connectivity index (χ4v) is 4.72. The number of hydrogen-bond acceptors (Lipinski definition) is 7. The molecule has 0 atom stereocenters. The second-order valence-electron chi connectivity index (χ2n) is 6.55. The lowest BCUT2D eigenvalue weighted by molar-refractivity contribution is -0.384. The largest absolute Gasteiger partial charge is 0.291 e. The molecule has 2 N–H and O–H groups in total. The van der Waals surface area contributed by atoms with Crippen molar-refractivity contribution >= 4 is 38.1 Å². The van der Waals surface area contributed by atoms with Gasteiger partial charge in [-0.15, -0.1) is 0 Å². The number of amides is 1. The lowest BCUT2D eigenvalue weighted by Gasteiger charge is -2.14. The van der Waals surface area contributed by atoms with Crippen molar-refractivity contribution in [2.24, 2.45) is 5.14 Å². The smallest absolute Gasteiger partial charge is 0.270 e. The summed E-state index contributed by atoms with van der Waals surface area (Å²) in [7, 11) is -2.38. The maximum absolute atomic E-state index is 12.6. The summed E-state index contributed by atoms with van der Waals surface area (Å²) in [4.78, 5) is 28.5. The molecule has 0 unspecified atom stereocenters. The summed E-state index contributed by atoms with van der Waals surface area (Å²) in [6.07, 6.45) is 0.0784. The number of likely N-dealkylation sites (N-methyl/N-ethyl adjacent to an activating group) is 1. The zero-order valence-electron chi connectivity index (χ0n) is 16.1. The second-order valence-corrected chi connectivity index (χ2v) is 9.28. The molecule has 1 aromatic heterocycles.